The van der Waals surface area contributed by atoms with E-state index in [-0.39, 0.29) is 10.6 Å². The van der Waals surface area contributed by atoms with Gasteiger partial charge >= 0.3 is 0 Å². The number of hydrogen-bond donors (Lipinski definition) is 0. The Morgan fingerprint density at radius 1 is 0.944 bits per heavy atom. The molecule has 3 aromatic carbocycles. The molecule has 36 heavy (non-hydrogen) atoms. The van der Waals surface area contributed by atoms with Gasteiger partial charge in [-0.3, -0.25) is 0 Å². The molecular formula is C31H34FNO2S. The van der Waals surface area contributed by atoms with Crippen molar-refractivity contribution < 1.29 is 13.9 Å². The van der Waals surface area contributed by atoms with Crippen LogP contribution in [0.4, 0.5) is 4.39 Å². The minimum Gasteiger partial charge on any atom is -0.343 e. The molecular weight excluding hydrogens is 469 g/mol. The van der Waals surface area contributed by atoms with Crippen LogP contribution in [0.1, 0.15) is 58.8 Å². The Morgan fingerprint density at radius 3 is 2.44 bits per heavy atom. The number of nitrogens with zero attached hydrogens (tertiary/aromatic N) is 1. The third-order valence-electron chi connectivity index (χ3n) is 8.10. The van der Waals surface area contributed by atoms with Crippen molar-refractivity contribution >= 4 is 11.8 Å². The highest BCUT2D eigenvalue weighted by Gasteiger charge is 2.46. The Balaban J connectivity index is 1.11. The molecule has 5 heteroatoms. The summed E-state index contributed by atoms with van der Waals surface area (Å²) < 4.78 is 25.8. The highest BCUT2D eigenvalue weighted by Crippen LogP contribution is 2.61. The fourth-order valence-electron chi connectivity index (χ4n) is 6.25. The summed E-state index contributed by atoms with van der Waals surface area (Å²) in [7, 11) is 0. The van der Waals surface area contributed by atoms with E-state index in [9.17, 15) is 4.39 Å². The number of benzene rings is 3. The zero-order chi connectivity index (χ0) is 24.6. The maximum Gasteiger partial charge on any atom is 0.195 e. The number of hydrogen-bond acceptors (Lipinski definition) is 4. The molecule has 188 valence electrons. The van der Waals surface area contributed by atoms with Gasteiger partial charge in [0.1, 0.15) is 5.82 Å². The van der Waals surface area contributed by atoms with Crippen molar-refractivity contribution in [2.24, 2.45) is 0 Å². The quantitative estimate of drug-likeness (QED) is 0.363. The van der Waals surface area contributed by atoms with Crippen LogP contribution in [0.2, 0.25) is 0 Å². The molecule has 0 aliphatic carbocycles. The first-order valence-electron chi connectivity index (χ1n) is 13.2. The van der Waals surface area contributed by atoms with E-state index < -0.39 is 5.79 Å². The molecule has 0 aromatic heterocycles. The van der Waals surface area contributed by atoms with Crippen LogP contribution in [0, 0.1) is 12.7 Å². The van der Waals surface area contributed by atoms with Crippen molar-refractivity contribution in [1.82, 2.24) is 4.90 Å². The first kappa shape index (κ1) is 24.2. The molecule has 1 spiro atoms. The number of halogens is 1. The average Bonchev–Trinajstić information content (AvgIpc) is 3.50. The van der Waals surface area contributed by atoms with Gasteiger partial charge in [0.05, 0.1) is 18.5 Å². The molecule has 3 aliphatic rings. The predicted octanol–water partition coefficient (Wildman–Crippen LogP) is 6.94. The molecule has 3 aromatic rings. The molecule has 2 fully saturated rings. The lowest BCUT2D eigenvalue weighted by atomic mass is 9.84. The molecule has 0 radical (unpaired) electrons. The van der Waals surface area contributed by atoms with Crippen LogP contribution >= 0.6 is 11.8 Å². The van der Waals surface area contributed by atoms with Gasteiger partial charge in [0.2, 0.25) is 0 Å². The number of rotatable bonds is 6. The van der Waals surface area contributed by atoms with Crippen molar-refractivity contribution in [3.8, 4) is 0 Å². The van der Waals surface area contributed by atoms with E-state index in [0.29, 0.717) is 18.5 Å². The second kappa shape index (κ2) is 9.94. The van der Waals surface area contributed by atoms with Crippen LogP contribution in [0.25, 0.3) is 0 Å². The number of piperidine rings is 1. The normalized spacial score (nSPS) is 22.7. The predicted molar refractivity (Wildman–Crippen MR) is 144 cm³/mol. The van der Waals surface area contributed by atoms with Gasteiger partial charge in [-0.1, -0.05) is 66.2 Å². The van der Waals surface area contributed by atoms with Gasteiger partial charge < -0.3 is 14.4 Å². The molecule has 0 saturated carbocycles. The lowest BCUT2D eigenvalue weighted by Gasteiger charge is -2.40. The Kier molecular flexibility index (Phi) is 6.67. The second-order valence-corrected chi connectivity index (χ2v) is 11.9. The zero-order valence-corrected chi connectivity index (χ0v) is 21.7. The monoisotopic (exact) mass is 503 g/mol. The van der Waals surface area contributed by atoms with Gasteiger partial charge in [0.15, 0.2) is 5.79 Å². The average molecular weight is 504 g/mol. The van der Waals surface area contributed by atoms with Gasteiger partial charge in [0.25, 0.3) is 0 Å². The maximum absolute atomic E-state index is 13.5. The number of aryl methyl sites for hydroxylation is 1. The van der Waals surface area contributed by atoms with Crippen molar-refractivity contribution in [1.29, 1.82) is 0 Å². The largest absolute Gasteiger partial charge is 0.343 e. The summed E-state index contributed by atoms with van der Waals surface area (Å²) in [6.07, 6.45) is 4.12. The third kappa shape index (κ3) is 4.51. The minimum atomic E-state index is -0.730. The van der Waals surface area contributed by atoms with Gasteiger partial charge in [-0.25, -0.2) is 4.39 Å². The van der Waals surface area contributed by atoms with Crippen LogP contribution < -0.4 is 0 Å². The topological polar surface area (TPSA) is 21.7 Å². The Morgan fingerprint density at radius 2 is 1.69 bits per heavy atom. The van der Waals surface area contributed by atoms with Gasteiger partial charge in [-0.2, -0.15) is 0 Å². The Bertz CT molecular complexity index is 1200. The molecule has 0 N–H and O–H groups in total. The Labute approximate surface area is 218 Å². The van der Waals surface area contributed by atoms with Crippen molar-refractivity contribution in [3.63, 3.8) is 0 Å². The number of thioether (sulfide) groups is 1. The van der Waals surface area contributed by atoms with E-state index in [1.165, 1.54) is 41.7 Å². The Hall–Kier alpha value is -2.18. The molecule has 0 bridgehead atoms. The van der Waals surface area contributed by atoms with E-state index in [1.807, 2.05) is 0 Å². The summed E-state index contributed by atoms with van der Waals surface area (Å²) in [5.41, 5.74) is 6.71. The number of likely N-dealkylation sites (tertiary alicyclic amines) is 1. The first-order valence-corrected chi connectivity index (χ1v) is 14.1. The van der Waals surface area contributed by atoms with E-state index in [1.54, 1.807) is 17.7 Å². The molecule has 0 amide bonds. The standard InChI is InChI=1S/C31H34FNO2S/c1-23-6-4-7-24(22-23)29-27-8-2-3-9-28(27)30(36-29)15-18-33(19-16-30)17-5-14-31(34-20-21-35-31)25-10-12-26(32)13-11-25/h2-4,6-13,22,29H,5,14-21H2,1H3. The van der Waals surface area contributed by atoms with Gasteiger partial charge in [-0.15, -0.1) is 11.8 Å². The van der Waals surface area contributed by atoms with Gasteiger partial charge in [0, 0.05) is 16.7 Å². The van der Waals surface area contributed by atoms with Crippen molar-refractivity contribution in [2.75, 3.05) is 32.8 Å². The summed E-state index contributed by atoms with van der Waals surface area (Å²) in [5, 5.41) is 0.417. The molecule has 3 nitrogen and oxygen atoms in total. The maximum atomic E-state index is 13.5. The van der Waals surface area contributed by atoms with Crippen LogP contribution in [0.5, 0.6) is 0 Å². The van der Waals surface area contributed by atoms with Crippen molar-refractivity contribution in [2.45, 2.75) is 48.4 Å². The highest BCUT2D eigenvalue weighted by molar-refractivity contribution is 8.01. The number of fused-ring (bicyclic) bond motifs is 2. The lowest BCUT2D eigenvalue weighted by molar-refractivity contribution is -0.172. The van der Waals surface area contributed by atoms with Crippen LogP contribution in [0.3, 0.4) is 0 Å². The van der Waals surface area contributed by atoms with Crippen LogP contribution in [-0.4, -0.2) is 37.7 Å². The first-order chi connectivity index (χ1) is 17.6. The van der Waals surface area contributed by atoms with E-state index in [2.05, 4.69) is 72.1 Å². The van der Waals surface area contributed by atoms with E-state index in [0.717, 1.165) is 38.0 Å². The van der Waals surface area contributed by atoms with Crippen LogP contribution in [-0.2, 0) is 20.0 Å². The summed E-state index contributed by atoms with van der Waals surface area (Å²) >= 11 is 2.17. The summed E-state index contributed by atoms with van der Waals surface area (Å²) in [4.78, 5) is 2.60. The zero-order valence-electron chi connectivity index (χ0n) is 20.9. The SMILES string of the molecule is Cc1cccc(C2SC3(CCN(CCCC4(c5ccc(F)cc5)OCCO4)CC3)c3ccccc32)c1. The van der Waals surface area contributed by atoms with E-state index >= 15 is 0 Å². The third-order valence-corrected chi connectivity index (χ3v) is 9.95. The molecule has 2 saturated heterocycles. The lowest BCUT2D eigenvalue weighted by Crippen LogP contribution is -2.41. The molecule has 1 atom stereocenters. The van der Waals surface area contributed by atoms with E-state index in [4.69, 9.17) is 9.47 Å². The second-order valence-electron chi connectivity index (χ2n) is 10.4. The summed E-state index contributed by atoms with van der Waals surface area (Å²) in [6.45, 7) is 6.59. The summed E-state index contributed by atoms with van der Waals surface area (Å²) in [5.74, 6) is -0.962. The van der Waals surface area contributed by atoms with Crippen molar-refractivity contribution in [3.05, 3.63) is 106 Å². The smallest absolute Gasteiger partial charge is 0.195 e. The molecule has 3 aliphatic heterocycles. The van der Waals surface area contributed by atoms with Gasteiger partial charge in [-0.05, 0) is 74.6 Å². The fourth-order valence-corrected chi connectivity index (χ4v) is 8.05. The molecule has 1 unspecified atom stereocenters. The number of ether oxygens (including phenoxy) is 2. The van der Waals surface area contributed by atoms with Crippen LogP contribution in [0.15, 0.2) is 72.8 Å². The fraction of sp³-hybridized carbons (Fsp3) is 0.419. The highest BCUT2D eigenvalue weighted by atomic mass is 32.2. The molecule has 3 heterocycles. The minimum absolute atomic E-state index is 0.203. The molecule has 6 rings (SSSR count). The summed E-state index contributed by atoms with van der Waals surface area (Å²) in [6, 6.07) is 24.7.